The molecule has 3 heterocycles. The molecule has 0 saturated carbocycles. The third-order valence-electron chi connectivity index (χ3n) is 3.77. The Morgan fingerprint density at radius 2 is 2.14 bits per heavy atom. The quantitative estimate of drug-likeness (QED) is 0.839. The van der Waals surface area contributed by atoms with E-state index < -0.39 is 0 Å². The highest BCUT2D eigenvalue weighted by molar-refractivity contribution is 5.93. The van der Waals surface area contributed by atoms with Gasteiger partial charge in [-0.25, -0.2) is 9.37 Å². The second-order valence-corrected chi connectivity index (χ2v) is 5.34. The van der Waals surface area contributed by atoms with Gasteiger partial charge in [0.05, 0.1) is 11.8 Å². The molecular weight excluding hydrogens is 285 g/mol. The zero-order chi connectivity index (χ0) is 15.5. The second-order valence-electron chi connectivity index (χ2n) is 5.34. The molecule has 0 spiro atoms. The fourth-order valence-corrected chi connectivity index (χ4v) is 2.66. The van der Waals surface area contributed by atoms with Gasteiger partial charge in [-0.1, -0.05) is 0 Å². The van der Waals surface area contributed by atoms with Crippen molar-refractivity contribution in [2.75, 3.05) is 31.1 Å². The first-order chi connectivity index (χ1) is 10.6. The number of carbonyl (C=O) groups is 1. The Morgan fingerprint density at radius 3 is 2.86 bits per heavy atom. The molecule has 0 aliphatic carbocycles. The van der Waals surface area contributed by atoms with E-state index in [0.29, 0.717) is 37.6 Å². The van der Waals surface area contributed by atoms with Crippen molar-refractivity contribution in [2.45, 2.75) is 6.42 Å². The van der Waals surface area contributed by atoms with Crippen LogP contribution < -0.4 is 4.90 Å². The van der Waals surface area contributed by atoms with E-state index in [9.17, 15) is 9.18 Å². The van der Waals surface area contributed by atoms with Gasteiger partial charge in [0.25, 0.3) is 5.91 Å². The molecule has 6 nitrogen and oxygen atoms in total. The molecule has 0 N–H and O–H groups in total. The van der Waals surface area contributed by atoms with Gasteiger partial charge >= 0.3 is 0 Å². The number of hydrogen-bond acceptors (Lipinski definition) is 4. The molecule has 2 aromatic heterocycles. The third-order valence-corrected chi connectivity index (χ3v) is 3.77. The zero-order valence-electron chi connectivity index (χ0n) is 12.4. The summed E-state index contributed by atoms with van der Waals surface area (Å²) < 4.78 is 15.4. The average molecular weight is 303 g/mol. The number of aryl methyl sites for hydroxylation is 1. The fraction of sp³-hybridized carbons (Fsp3) is 0.400. The van der Waals surface area contributed by atoms with Gasteiger partial charge in [-0.3, -0.25) is 9.48 Å². The number of aromatic nitrogens is 3. The van der Waals surface area contributed by atoms with E-state index in [1.165, 1.54) is 6.07 Å². The Morgan fingerprint density at radius 1 is 1.27 bits per heavy atom. The Hall–Kier alpha value is -2.44. The highest BCUT2D eigenvalue weighted by Gasteiger charge is 2.22. The number of carbonyl (C=O) groups excluding carboxylic acids is 1. The molecule has 1 amide bonds. The van der Waals surface area contributed by atoms with Crippen LogP contribution in [0.25, 0.3) is 0 Å². The number of anilines is 1. The standard InChI is InChI=1S/C15H18FN5O/c1-19-11-12(10-18-19)15(22)21-7-3-6-20(8-9-21)14-13(16)4-2-5-17-14/h2,4-5,10-11H,3,6-9H2,1H3. The van der Waals surface area contributed by atoms with E-state index in [0.717, 1.165) is 6.42 Å². The smallest absolute Gasteiger partial charge is 0.257 e. The second kappa shape index (κ2) is 6.13. The van der Waals surface area contributed by atoms with Crippen LogP contribution in [0.3, 0.4) is 0 Å². The molecular formula is C15H18FN5O. The summed E-state index contributed by atoms with van der Waals surface area (Å²) in [6.45, 7) is 2.45. The number of rotatable bonds is 2. The first-order valence-electron chi connectivity index (χ1n) is 7.28. The van der Waals surface area contributed by atoms with Crippen LogP contribution in [0.15, 0.2) is 30.7 Å². The topological polar surface area (TPSA) is 54.3 Å². The van der Waals surface area contributed by atoms with Crippen LogP contribution in [0.5, 0.6) is 0 Å². The van der Waals surface area contributed by atoms with Gasteiger partial charge in [0.2, 0.25) is 0 Å². The number of amides is 1. The monoisotopic (exact) mass is 303 g/mol. The Balaban J connectivity index is 1.70. The Bertz CT molecular complexity index is 671. The van der Waals surface area contributed by atoms with Crippen molar-refractivity contribution in [3.8, 4) is 0 Å². The summed E-state index contributed by atoms with van der Waals surface area (Å²) in [5, 5.41) is 4.03. The minimum Gasteiger partial charge on any atom is -0.352 e. The summed E-state index contributed by atoms with van der Waals surface area (Å²) in [5.41, 5.74) is 0.583. The van der Waals surface area contributed by atoms with Crippen LogP contribution in [0.1, 0.15) is 16.8 Å². The number of halogens is 1. The molecule has 1 aliphatic heterocycles. The molecule has 2 aromatic rings. The fourth-order valence-electron chi connectivity index (χ4n) is 2.66. The van der Waals surface area contributed by atoms with Crippen LogP contribution in [-0.4, -0.2) is 51.8 Å². The van der Waals surface area contributed by atoms with Gasteiger partial charge in [0, 0.05) is 45.6 Å². The van der Waals surface area contributed by atoms with Crippen LogP contribution in [-0.2, 0) is 7.05 Å². The third kappa shape index (κ3) is 2.93. The lowest BCUT2D eigenvalue weighted by atomic mass is 10.3. The van der Waals surface area contributed by atoms with Gasteiger partial charge < -0.3 is 9.80 Å². The molecule has 116 valence electrons. The first kappa shape index (κ1) is 14.5. The minimum absolute atomic E-state index is 0.0311. The van der Waals surface area contributed by atoms with Crippen LogP contribution >= 0.6 is 0 Å². The van der Waals surface area contributed by atoms with E-state index in [1.807, 2.05) is 4.90 Å². The number of pyridine rings is 1. The van der Waals surface area contributed by atoms with Gasteiger partial charge in [-0.15, -0.1) is 0 Å². The summed E-state index contributed by atoms with van der Waals surface area (Å²) in [7, 11) is 1.78. The van der Waals surface area contributed by atoms with Gasteiger partial charge in [0.1, 0.15) is 0 Å². The summed E-state index contributed by atoms with van der Waals surface area (Å²) in [6, 6.07) is 2.99. The van der Waals surface area contributed by atoms with Crippen molar-refractivity contribution in [3.63, 3.8) is 0 Å². The van der Waals surface area contributed by atoms with Crippen LogP contribution in [0.4, 0.5) is 10.2 Å². The maximum atomic E-state index is 13.8. The van der Waals surface area contributed by atoms with Crippen molar-refractivity contribution in [2.24, 2.45) is 7.05 Å². The van der Waals surface area contributed by atoms with Crippen LogP contribution in [0, 0.1) is 5.82 Å². The van der Waals surface area contributed by atoms with Crippen molar-refractivity contribution in [1.82, 2.24) is 19.7 Å². The maximum absolute atomic E-state index is 13.8. The summed E-state index contributed by atoms with van der Waals surface area (Å²) >= 11 is 0. The summed E-state index contributed by atoms with van der Waals surface area (Å²) in [4.78, 5) is 20.2. The highest BCUT2D eigenvalue weighted by Crippen LogP contribution is 2.18. The van der Waals surface area contributed by atoms with Crippen molar-refractivity contribution < 1.29 is 9.18 Å². The lowest BCUT2D eigenvalue weighted by Gasteiger charge is -2.22. The molecule has 3 rings (SSSR count). The van der Waals surface area contributed by atoms with E-state index >= 15 is 0 Å². The van der Waals surface area contributed by atoms with Gasteiger partial charge in [-0.05, 0) is 18.6 Å². The van der Waals surface area contributed by atoms with Crippen molar-refractivity contribution in [1.29, 1.82) is 0 Å². The largest absolute Gasteiger partial charge is 0.352 e. The SMILES string of the molecule is Cn1cc(C(=O)N2CCCN(c3ncccc3F)CC2)cn1. The molecule has 1 saturated heterocycles. The molecule has 22 heavy (non-hydrogen) atoms. The predicted molar refractivity (Wildman–Crippen MR) is 80.1 cm³/mol. The molecule has 0 atom stereocenters. The Kier molecular flexibility index (Phi) is 4.04. The minimum atomic E-state index is -0.325. The predicted octanol–water partition coefficient (Wildman–Crippen LogP) is 1.31. The van der Waals surface area contributed by atoms with E-state index in [1.54, 1.807) is 41.3 Å². The molecule has 0 aromatic carbocycles. The van der Waals surface area contributed by atoms with E-state index in [-0.39, 0.29) is 11.7 Å². The van der Waals surface area contributed by atoms with Crippen molar-refractivity contribution in [3.05, 3.63) is 42.1 Å². The summed E-state index contributed by atoms with van der Waals surface area (Å²) in [6.07, 6.45) is 5.65. The Labute approximate surface area is 128 Å². The van der Waals surface area contributed by atoms with Gasteiger partial charge in [-0.2, -0.15) is 5.10 Å². The first-order valence-corrected chi connectivity index (χ1v) is 7.28. The van der Waals surface area contributed by atoms with Crippen LogP contribution in [0.2, 0.25) is 0 Å². The summed E-state index contributed by atoms with van der Waals surface area (Å²) in [5.74, 6) is 0.00385. The lowest BCUT2D eigenvalue weighted by molar-refractivity contribution is 0.0767. The lowest BCUT2D eigenvalue weighted by Crippen LogP contribution is -2.35. The highest BCUT2D eigenvalue weighted by atomic mass is 19.1. The molecule has 1 fully saturated rings. The zero-order valence-corrected chi connectivity index (χ0v) is 12.4. The number of hydrogen-bond donors (Lipinski definition) is 0. The van der Waals surface area contributed by atoms with E-state index in [4.69, 9.17) is 0 Å². The molecule has 0 radical (unpaired) electrons. The average Bonchev–Trinajstić information content (AvgIpc) is 2.81. The maximum Gasteiger partial charge on any atom is 0.257 e. The molecule has 0 unspecified atom stereocenters. The van der Waals surface area contributed by atoms with Gasteiger partial charge in [0.15, 0.2) is 11.6 Å². The molecule has 0 bridgehead atoms. The molecule has 1 aliphatic rings. The van der Waals surface area contributed by atoms with E-state index in [2.05, 4.69) is 10.1 Å². The number of nitrogens with zero attached hydrogens (tertiary/aromatic N) is 5. The molecule has 7 heteroatoms. The normalized spacial score (nSPS) is 15.7. The van der Waals surface area contributed by atoms with Crippen molar-refractivity contribution >= 4 is 11.7 Å².